The standard InChI is InChI=1S/C16H26N2O/c1-3-5-7-13-18(14-8-6-4-2)16(19)15-9-11-17-12-10-15/h9-12H,3-8,13-14H2,1-2H3. The Hall–Kier alpha value is -1.38. The molecule has 0 unspecified atom stereocenters. The van der Waals surface area contributed by atoms with Gasteiger partial charge in [0, 0.05) is 31.0 Å². The first-order chi connectivity index (χ1) is 9.29. The van der Waals surface area contributed by atoms with Gasteiger partial charge in [-0.3, -0.25) is 9.78 Å². The summed E-state index contributed by atoms with van der Waals surface area (Å²) in [6.45, 7) is 6.12. The van der Waals surface area contributed by atoms with E-state index >= 15 is 0 Å². The highest BCUT2D eigenvalue weighted by molar-refractivity contribution is 5.94. The highest BCUT2D eigenvalue weighted by Gasteiger charge is 2.14. The maximum absolute atomic E-state index is 12.4. The molecule has 0 saturated carbocycles. The minimum atomic E-state index is 0.148. The molecular formula is C16H26N2O. The number of carbonyl (C=O) groups is 1. The monoisotopic (exact) mass is 262 g/mol. The zero-order valence-corrected chi connectivity index (χ0v) is 12.3. The third-order valence-electron chi connectivity index (χ3n) is 3.28. The normalized spacial score (nSPS) is 10.4. The molecule has 1 heterocycles. The van der Waals surface area contributed by atoms with Crippen molar-refractivity contribution in [3.8, 4) is 0 Å². The van der Waals surface area contributed by atoms with E-state index in [0.717, 1.165) is 31.5 Å². The molecule has 0 atom stereocenters. The van der Waals surface area contributed by atoms with Gasteiger partial charge in [-0.25, -0.2) is 0 Å². The minimum Gasteiger partial charge on any atom is -0.339 e. The fourth-order valence-electron chi connectivity index (χ4n) is 2.10. The van der Waals surface area contributed by atoms with Crippen molar-refractivity contribution in [1.29, 1.82) is 0 Å². The largest absolute Gasteiger partial charge is 0.339 e. The van der Waals surface area contributed by atoms with Crippen LogP contribution in [0.4, 0.5) is 0 Å². The predicted octanol–water partition coefficient (Wildman–Crippen LogP) is 3.90. The van der Waals surface area contributed by atoms with Crippen molar-refractivity contribution in [2.75, 3.05) is 13.1 Å². The first-order valence-electron chi connectivity index (χ1n) is 7.48. The Balaban J connectivity index is 2.57. The summed E-state index contributed by atoms with van der Waals surface area (Å²) >= 11 is 0. The molecule has 1 amide bonds. The van der Waals surface area contributed by atoms with Crippen molar-refractivity contribution in [2.45, 2.75) is 52.4 Å². The predicted molar refractivity (Wildman–Crippen MR) is 79.2 cm³/mol. The maximum Gasteiger partial charge on any atom is 0.253 e. The summed E-state index contributed by atoms with van der Waals surface area (Å²) in [6, 6.07) is 3.60. The van der Waals surface area contributed by atoms with Gasteiger partial charge in [-0.15, -0.1) is 0 Å². The number of hydrogen-bond donors (Lipinski definition) is 0. The summed E-state index contributed by atoms with van der Waals surface area (Å²) in [7, 11) is 0. The van der Waals surface area contributed by atoms with Crippen LogP contribution in [0.2, 0.25) is 0 Å². The highest BCUT2D eigenvalue weighted by Crippen LogP contribution is 2.08. The Kier molecular flexibility index (Phi) is 7.87. The zero-order chi connectivity index (χ0) is 13.9. The van der Waals surface area contributed by atoms with Crippen molar-refractivity contribution < 1.29 is 4.79 Å². The molecule has 0 aliphatic carbocycles. The van der Waals surface area contributed by atoms with Gasteiger partial charge in [0.15, 0.2) is 0 Å². The van der Waals surface area contributed by atoms with E-state index in [1.54, 1.807) is 24.5 Å². The smallest absolute Gasteiger partial charge is 0.253 e. The fourth-order valence-corrected chi connectivity index (χ4v) is 2.10. The number of amides is 1. The third-order valence-corrected chi connectivity index (χ3v) is 3.28. The van der Waals surface area contributed by atoms with E-state index in [1.165, 1.54) is 25.7 Å². The van der Waals surface area contributed by atoms with Gasteiger partial charge in [-0.05, 0) is 25.0 Å². The Bertz CT molecular complexity index is 341. The molecule has 3 heteroatoms. The molecule has 0 aliphatic heterocycles. The second kappa shape index (κ2) is 9.54. The number of hydrogen-bond acceptors (Lipinski definition) is 2. The van der Waals surface area contributed by atoms with Gasteiger partial charge in [0.2, 0.25) is 0 Å². The number of aromatic nitrogens is 1. The number of rotatable bonds is 9. The van der Waals surface area contributed by atoms with E-state index in [4.69, 9.17) is 0 Å². The van der Waals surface area contributed by atoms with Crippen LogP contribution in [0.15, 0.2) is 24.5 Å². The molecule has 0 aromatic carbocycles. The van der Waals surface area contributed by atoms with Crippen LogP contribution >= 0.6 is 0 Å². The van der Waals surface area contributed by atoms with E-state index in [1.807, 2.05) is 4.90 Å². The molecule has 0 radical (unpaired) electrons. The Labute approximate surface area is 117 Å². The van der Waals surface area contributed by atoms with E-state index < -0.39 is 0 Å². The van der Waals surface area contributed by atoms with Crippen molar-refractivity contribution >= 4 is 5.91 Å². The van der Waals surface area contributed by atoms with Gasteiger partial charge in [-0.2, -0.15) is 0 Å². The van der Waals surface area contributed by atoms with Crippen LogP contribution < -0.4 is 0 Å². The molecular weight excluding hydrogens is 236 g/mol. The van der Waals surface area contributed by atoms with Gasteiger partial charge < -0.3 is 4.90 Å². The van der Waals surface area contributed by atoms with Crippen LogP contribution in [0.5, 0.6) is 0 Å². The lowest BCUT2D eigenvalue weighted by atomic mass is 10.1. The Morgan fingerprint density at radius 3 is 2.00 bits per heavy atom. The maximum atomic E-state index is 12.4. The number of carbonyl (C=O) groups excluding carboxylic acids is 1. The van der Waals surface area contributed by atoms with E-state index in [9.17, 15) is 4.79 Å². The topological polar surface area (TPSA) is 33.2 Å². The summed E-state index contributed by atoms with van der Waals surface area (Å²) in [5, 5.41) is 0. The molecule has 1 rings (SSSR count). The summed E-state index contributed by atoms with van der Waals surface area (Å²) in [5.74, 6) is 0.148. The number of pyridine rings is 1. The van der Waals surface area contributed by atoms with Crippen molar-refractivity contribution in [3.05, 3.63) is 30.1 Å². The Morgan fingerprint density at radius 1 is 1.00 bits per heavy atom. The Morgan fingerprint density at radius 2 is 1.53 bits per heavy atom. The summed E-state index contributed by atoms with van der Waals surface area (Å²) in [6.07, 6.45) is 10.3. The minimum absolute atomic E-state index is 0.148. The first kappa shape index (κ1) is 15.7. The lowest BCUT2D eigenvalue weighted by Crippen LogP contribution is -2.33. The molecule has 0 fully saturated rings. The molecule has 0 spiro atoms. The van der Waals surface area contributed by atoms with Crippen molar-refractivity contribution in [2.24, 2.45) is 0 Å². The van der Waals surface area contributed by atoms with Crippen molar-refractivity contribution in [3.63, 3.8) is 0 Å². The zero-order valence-electron chi connectivity index (χ0n) is 12.3. The molecule has 0 aliphatic rings. The average Bonchev–Trinajstić information content (AvgIpc) is 2.46. The molecule has 1 aromatic rings. The molecule has 0 bridgehead atoms. The fraction of sp³-hybridized carbons (Fsp3) is 0.625. The summed E-state index contributed by atoms with van der Waals surface area (Å²) < 4.78 is 0. The van der Waals surface area contributed by atoms with E-state index in [-0.39, 0.29) is 5.91 Å². The highest BCUT2D eigenvalue weighted by atomic mass is 16.2. The average molecular weight is 262 g/mol. The summed E-state index contributed by atoms with van der Waals surface area (Å²) in [4.78, 5) is 18.4. The number of nitrogens with zero attached hydrogens (tertiary/aromatic N) is 2. The van der Waals surface area contributed by atoms with Crippen LogP contribution in [0.3, 0.4) is 0 Å². The van der Waals surface area contributed by atoms with Gasteiger partial charge in [0.1, 0.15) is 0 Å². The SMILES string of the molecule is CCCCCN(CCCCC)C(=O)c1ccncc1. The lowest BCUT2D eigenvalue weighted by Gasteiger charge is -2.22. The quantitative estimate of drug-likeness (QED) is 0.632. The van der Waals surface area contributed by atoms with E-state index in [0.29, 0.717) is 0 Å². The molecule has 1 aromatic heterocycles. The third kappa shape index (κ3) is 5.86. The van der Waals surface area contributed by atoms with Gasteiger partial charge in [0.05, 0.1) is 0 Å². The first-order valence-corrected chi connectivity index (χ1v) is 7.48. The summed E-state index contributed by atoms with van der Waals surface area (Å²) in [5.41, 5.74) is 0.753. The van der Waals surface area contributed by atoms with Crippen LogP contribution in [-0.2, 0) is 0 Å². The van der Waals surface area contributed by atoms with Crippen molar-refractivity contribution in [1.82, 2.24) is 9.88 Å². The second-order valence-corrected chi connectivity index (χ2v) is 4.94. The van der Waals surface area contributed by atoms with Crippen LogP contribution in [0, 0.1) is 0 Å². The molecule has 106 valence electrons. The molecule has 19 heavy (non-hydrogen) atoms. The van der Waals surface area contributed by atoms with Gasteiger partial charge in [0.25, 0.3) is 5.91 Å². The van der Waals surface area contributed by atoms with Crippen LogP contribution in [0.1, 0.15) is 62.7 Å². The molecule has 3 nitrogen and oxygen atoms in total. The van der Waals surface area contributed by atoms with Crippen LogP contribution in [-0.4, -0.2) is 28.9 Å². The van der Waals surface area contributed by atoms with Gasteiger partial charge in [-0.1, -0.05) is 39.5 Å². The van der Waals surface area contributed by atoms with E-state index in [2.05, 4.69) is 18.8 Å². The molecule has 0 N–H and O–H groups in total. The van der Waals surface area contributed by atoms with Crippen LogP contribution in [0.25, 0.3) is 0 Å². The number of unbranched alkanes of at least 4 members (excludes halogenated alkanes) is 4. The van der Waals surface area contributed by atoms with Gasteiger partial charge >= 0.3 is 0 Å². The molecule has 0 saturated heterocycles. The second-order valence-electron chi connectivity index (χ2n) is 4.94. The lowest BCUT2D eigenvalue weighted by molar-refractivity contribution is 0.0749.